The summed E-state index contributed by atoms with van der Waals surface area (Å²) in [6.07, 6.45) is -1.24. The van der Waals surface area contributed by atoms with Crippen LogP contribution < -0.4 is 15.4 Å². The Labute approximate surface area is 169 Å². The van der Waals surface area contributed by atoms with Gasteiger partial charge in [-0.3, -0.25) is 0 Å². The van der Waals surface area contributed by atoms with Gasteiger partial charge in [-0.1, -0.05) is 0 Å². The first-order valence-corrected chi connectivity index (χ1v) is 9.85. The molecule has 0 spiro atoms. The minimum atomic E-state index is -4.50. The number of nitrogens with zero attached hydrogens (tertiary/aromatic N) is 3. The zero-order valence-electron chi connectivity index (χ0n) is 17.0. The molecule has 0 atom stereocenters. The fourth-order valence-electron chi connectivity index (χ4n) is 3.06. The Morgan fingerprint density at radius 1 is 1.31 bits per heavy atom. The lowest BCUT2D eigenvalue weighted by atomic mass is 10.1. The van der Waals surface area contributed by atoms with Gasteiger partial charge in [0, 0.05) is 45.5 Å². The van der Waals surface area contributed by atoms with E-state index in [0.29, 0.717) is 18.5 Å². The molecular weight excluding hydrogens is 387 g/mol. The van der Waals surface area contributed by atoms with E-state index in [2.05, 4.69) is 25.5 Å². The number of guanidine groups is 1. The van der Waals surface area contributed by atoms with Gasteiger partial charge in [0.2, 0.25) is 5.88 Å². The zero-order valence-corrected chi connectivity index (χ0v) is 17.0. The Morgan fingerprint density at radius 2 is 2.07 bits per heavy atom. The van der Waals surface area contributed by atoms with Crippen molar-refractivity contribution in [1.29, 1.82) is 0 Å². The van der Waals surface area contributed by atoms with E-state index in [1.165, 1.54) is 12.3 Å². The molecule has 0 aliphatic carbocycles. The molecule has 2 rings (SSSR count). The van der Waals surface area contributed by atoms with Crippen molar-refractivity contribution in [2.24, 2.45) is 4.99 Å². The van der Waals surface area contributed by atoms with Crippen LogP contribution in [0.3, 0.4) is 0 Å². The molecule has 0 saturated carbocycles. The summed E-state index contributed by atoms with van der Waals surface area (Å²) in [5.41, 5.74) is -0.880. The quantitative estimate of drug-likeness (QED) is 0.365. The van der Waals surface area contributed by atoms with E-state index >= 15 is 0 Å². The maximum atomic E-state index is 13.0. The standard InChI is InChI=1S/C19H30F3N5O2/c1-3-23-18(26-15-6-10-27(11-7-15)12-14-28-2)25-9-13-29-17-16(19(20,21)22)5-4-8-24-17/h4-5,8,15H,3,6-7,9-14H2,1-2H3,(H2,23,25,26). The van der Waals surface area contributed by atoms with Crippen molar-refractivity contribution in [1.82, 2.24) is 20.5 Å². The molecule has 29 heavy (non-hydrogen) atoms. The number of ether oxygens (including phenoxy) is 2. The Hall–Kier alpha value is -2.07. The van der Waals surface area contributed by atoms with Gasteiger partial charge in [0.1, 0.15) is 12.2 Å². The van der Waals surface area contributed by atoms with Gasteiger partial charge >= 0.3 is 6.18 Å². The molecular formula is C19H30F3N5O2. The number of nitrogens with one attached hydrogen (secondary N) is 2. The van der Waals surface area contributed by atoms with Crippen LogP contribution >= 0.6 is 0 Å². The molecule has 0 unspecified atom stereocenters. The minimum absolute atomic E-state index is 0.00608. The molecule has 1 aliphatic heterocycles. The predicted molar refractivity (Wildman–Crippen MR) is 105 cm³/mol. The molecule has 1 fully saturated rings. The fraction of sp³-hybridized carbons (Fsp3) is 0.684. The predicted octanol–water partition coefficient (Wildman–Crippen LogP) is 2.15. The Balaban J connectivity index is 1.81. The van der Waals surface area contributed by atoms with Crippen LogP contribution in [-0.4, -0.2) is 74.9 Å². The van der Waals surface area contributed by atoms with Crippen molar-refractivity contribution in [3.05, 3.63) is 23.9 Å². The van der Waals surface area contributed by atoms with Crippen LogP contribution in [0, 0.1) is 0 Å². The number of pyridine rings is 1. The number of piperidine rings is 1. The highest BCUT2D eigenvalue weighted by Crippen LogP contribution is 2.34. The molecule has 0 radical (unpaired) electrons. The van der Waals surface area contributed by atoms with Crippen LogP contribution in [0.25, 0.3) is 0 Å². The third-order valence-electron chi connectivity index (χ3n) is 4.56. The second-order valence-electron chi connectivity index (χ2n) is 6.72. The summed E-state index contributed by atoms with van der Waals surface area (Å²) in [7, 11) is 1.70. The lowest BCUT2D eigenvalue weighted by molar-refractivity contribution is -0.139. The lowest BCUT2D eigenvalue weighted by Gasteiger charge is -2.32. The summed E-state index contributed by atoms with van der Waals surface area (Å²) >= 11 is 0. The summed E-state index contributed by atoms with van der Waals surface area (Å²) in [5.74, 6) is 0.222. The molecule has 0 amide bonds. The van der Waals surface area contributed by atoms with Crippen molar-refractivity contribution in [2.75, 3.05) is 53.0 Å². The van der Waals surface area contributed by atoms with Gasteiger partial charge in [-0.15, -0.1) is 0 Å². The molecule has 0 aromatic carbocycles. The van der Waals surface area contributed by atoms with E-state index in [9.17, 15) is 13.2 Å². The number of halogens is 3. The lowest BCUT2D eigenvalue weighted by Crippen LogP contribution is -2.49. The Morgan fingerprint density at radius 3 is 2.72 bits per heavy atom. The first-order valence-electron chi connectivity index (χ1n) is 9.85. The van der Waals surface area contributed by atoms with Crippen LogP contribution in [0.2, 0.25) is 0 Å². The number of methoxy groups -OCH3 is 1. The van der Waals surface area contributed by atoms with Crippen molar-refractivity contribution in [2.45, 2.75) is 32.0 Å². The number of rotatable bonds is 9. The molecule has 10 heteroatoms. The molecule has 1 aromatic rings. The summed E-state index contributed by atoms with van der Waals surface area (Å²) in [6, 6.07) is 2.50. The van der Waals surface area contributed by atoms with Gasteiger partial charge in [0.15, 0.2) is 5.96 Å². The Kier molecular flexibility index (Phi) is 9.46. The molecule has 1 saturated heterocycles. The van der Waals surface area contributed by atoms with E-state index in [-0.39, 0.29) is 13.2 Å². The van der Waals surface area contributed by atoms with E-state index in [1.54, 1.807) is 7.11 Å². The van der Waals surface area contributed by atoms with Crippen molar-refractivity contribution in [3.8, 4) is 5.88 Å². The summed E-state index contributed by atoms with van der Waals surface area (Å²) in [4.78, 5) is 10.5. The molecule has 2 heterocycles. The minimum Gasteiger partial charge on any atom is -0.475 e. The van der Waals surface area contributed by atoms with E-state index < -0.39 is 17.6 Å². The summed E-state index contributed by atoms with van der Waals surface area (Å²) in [5, 5.41) is 6.56. The first-order chi connectivity index (χ1) is 13.9. The molecule has 7 nitrogen and oxygen atoms in total. The molecule has 1 aromatic heterocycles. The maximum Gasteiger partial charge on any atom is 0.421 e. The average Bonchev–Trinajstić information content (AvgIpc) is 2.70. The first kappa shape index (κ1) is 23.2. The Bertz CT molecular complexity index is 635. The van der Waals surface area contributed by atoms with Gasteiger partial charge in [0.25, 0.3) is 0 Å². The van der Waals surface area contributed by atoms with Gasteiger partial charge < -0.3 is 25.0 Å². The van der Waals surface area contributed by atoms with Gasteiger partial charge in [-0.25, -0.2) is 9.98 Å². The van der Waals surface area contributed by atoms with Crippen molar-refractivity contribution >= 4 is 5.96 Å². The largest absolute Gasteiger partial charge is 0.475 e. The highest BCUT2D eigenvalue weighted by atomic mass is 19.4. The third kappa shape index (κ3) is 8.06. The van der Waals surface area contributed by atoms with E-state index in [4.69, 9.17) is 9.47 Å². The molecule has 1 aliphatic rings. The highest BCUT2D eigenvalue weighted by molar-refractivity contribution is 5.80. The smallest absolute Gasteiger partial charge is 0.421 e. The number of hydrogen-bond acceptors (Lipinski definition) is 5. The zero-order chi connectivity index (χ0) is 21.1. The van der Waals surface area contributed by atoms with Gasteiger partial charge in [-0.2, -0.15) is 13.2 Å². The number of aromatic nitrogens is 1. The monoisotopic (exact) mass is 417 g/mol. The number of hydrogen-bond donors (Lipinski definition) is 2. The normalized spacial score (nSPS) is 16.7. The van der Waals surface area contributed by atoms with Crippen molar-refractivity contribution in [3.63, 3.8) is 0 Å². The van der Waals surface area contributed by atoms with E-state index in [1.807, 2.05) is 6.92 Å². The van der Waals surface area contributed by atoms with Gasteiger partial charge in [0.05, 0.1) is 13.2 Å². The number of aliphatic imine (C=N–C) groups is 1. The third-order valence-corrected chi connectivity index (χ3v) is 4.56. The summed E-state index contributed by atoms with van der Waals surface area (Å²) < 4.78 is 49.2. The van der Waals surface area contributed by atoms with Gasteiger partial charge in [-0.05, 0) is 31.9 Å². The van der Waals surface area contributed by atoms with Crippen LogP contribution in [-0.2, 0) is 10.9 Å². The molecule has 0 bridgehead atoms. The summed E-state index contributed by atoms with van der Waals surface area (Å²) in [6.45, 7) is 6.52. The van der Waals surface area contributed by atoms with Crippen LogP contribution in [0.4, 0.5) is 13.2 Å². The average molecular weight is 417 g/mol. The fourth-order valence-corrected chi connectivity index (χ4v) is 3.06. The van der Waals surface area contributed by atoms with Crippen LogP contribution in [0.1, 0.15) is 25.3 Å². The SMILES string of the molecule is CCNC(=NCCOc1ncccc1C(F)(F)F)NC1CCN(CCOC)CC1. The second-order valence-corrected chi connectivity index (χ2v) is 6.72. The molecule has 2 N–H and O–H groups in total. The van der Waals surface area contributed by atoms with Crippen molar-refractivity contribution < 1.29 is 22.6 Å². The highest BCUT2D eigenvalue weighted by Gasteiger charge is 2.35. The van der Waals surface area contributed by atoms with E-state index in [0.717, 1.165) is 45.1 Å². The topological polar surface area (TPSA) is 71.0 Å². The number of likely N-dealkylation sites (tertiary alicyclic amines) is 1. The molecule has 164 valence electrons. The second kappa shape index (κ2) is 11.8. The number of alkyl halides is 3. The maximum absolute atomic E-state index is 13.0. The van der Waals surface area contributed by atoms with Crippen LogP contribution in [0.15, 0.2) is 23.3 Å². The van der Waals surface area contributed by atoms with Crippen LogP contribution in [0.5, 0.6) is 5.88 Å².